The van der Waals surface area contributed by atoms with E-state index in [-0.39, 0.29) is 0 Å². The van der Waals surface area contributed by atoms with Crippen molar-refractivity contribution >= 4 is 22.5 Å². The molecule has 0 nitrogen and oxygen atoms in total. The van der Waals surface area contributed by atoms with E-state index in [9.17, 15) is 0 Å². The summed E-state index contributed by atoms with van der Waals surface area (Å²) in [4.78, 5) is 0. The van der Waals surface area contributed by atoms with Gasteiger partial charge in [-0.05, 0) is 0 Å². The molecule has 0 saturated carbocycles. The molecule has 0 rings (SSSR count). The fraction of sp³-hybridized carbons (Fsp3) is 0.867. The van der Waals surface area contributed by atoms with Crippen molar-refractivity contribution in [3.8, 4) is 0 Å². The van der Waals surface area contributed by atoms with Gasteiger partial charge in [-0.1, -0.05) is 0 Å². The molecule has 0 unspecified atom stereocenters. The Morgan fingerprint density at radius 1 is 0.688 bits per heavy atom. The molecule has 0 aliphatic heterocycles. The van der Waals surface area contributed by atoms with E-state index in [1.165, 1.54) is 86.7 Å². The molecule has 0 bridgehead atoms. The molecule has 0 aliphatic rings. The fourth-order valence-electron chi connectivity index (χ4n) is 1.97. The molecule has 0 aromatic carbocycles. The normalized spacial score (nSPS) is 12.8. The maximum absolute atomic E-state index is 2.31. The van der Waals surface area contributed by atoms with Crippen molar-refractivity contribution in [2.24, 2.45) is 0 Å². The number of hydrogen-bond acceptors (Lipinski definition) is 0. The van der Waals surface area contributed by atoms with Gasteiger partial charge in [0.15, 0.2) is 0 Å². The summed E-state index contributed by atoms with van der Waals surface area (Å²) >= 11 is 1.37. The van der Waals surface area contributed by atoms with E-state index in [2.05, 4.69) is 20.8 Å². The fourth-order valence-corrected chi connectivity index (χ4v) is 3.38. The van der Waals surface area contributed by atoms with Crippen LogP contribution in [0.25, 0.3) is 0 Å². The van der Waals surface area contributed by atoms with Gasteiger partial charge in [0.2, 0.25) is 0 Å². The van der Waals surface area contributed by atoms with E-state index >= 15 is 0 Å². The zero-order chi connectivity index (χ0) is 12.2. The topological polar surface area (TPSA) is 0 Å². The predicted molar refractivity (Wildman–Crippen MR) is 77.4 cm³/mol. The molecule has 16 heavy (non-hydrogen) atoms. The van der Waals surface area contributed by atoms with E-state index in [0.29, 0.717) is 0 Å². The van der Waals surface area contributed by atoms with Crippen LogP contribution in [0.3, 0.4) is 0 Å². The van der Waals surface area contributed by atoms with Crippen LogP contribution < -0.4 is 0 Å². The molecule has 0 N–H and O–H groups in total. The van der Waals surface area contributed by atoms with Gasteiger partial charge in [0.1, 0.15) is 0 Å². The summed E-state index contributed by atoms with van der Waals surface area (Å²) in [5.41, 5.74) is 1.84. The van der Waals surface area contributed by atoms with Gasteiger partial charge in [-0.2, -0.15) is 0 Å². The van der Waals surface area contributed by atoms with Gasteiger partial charge in [-0.3, -0.25) is 0 Å². The maximum atomic E-state index is 2.31. The SMILES string of the molecule is CCCCC/C(CCCC)=[C](\[SnH])CCCC. The standard InChI is InChI=1S/C15H29.Sn.H/c1-4-7-10-13-15(12-9-6-3)14-11-8-5-2;;/h4-13H2,1-3H3;;. The zero-order valence-electron chi connectivity index (χ0n) is 11.6. The van der Waals surface area contributed by atoms with Crippen molar-refractivity contribution < 1.29 is 0 Å². The number of rotatable bonds is 10. The summed E-state index contributed by atoms with van der Waals surface area (Å²) in [6.07, 6.45) is 13.9. The first-order valence-electron chi connectivity index (χ1n) is 7.22. The van der Waals surface area contributed by atoms with Gasteiger partial charge in [-0.15, -0.1) is 0 Å². The molecule has 1 heteroatoms. The van der Waals surface area contributed by atoms with Gasteiger partial charge in [0.25, 0.3) is 0 Å². The van der Waals surface area contributed by atoms with E-state index in [0.717, 1.165) is 0 Å². The van der Waals surface area contributed by atoms with Crippen molar-refractivity contribution in [2.45, 2.75) is 85.0 Å². The molecule has 0 aliphatic carbocycles. The predicted octanol–water partition coefficient (Wildman–Crippen LogP) is 5.10. The van der Waals surface area contributed by atoms with Crippen LogP contribution in [0.4, 0.5) is 0 Å². The average molecular weight is 329 g/mol. The van der Waals surface area contributed by atoms with Crippen LogP contribution in [-0.2, 0) is 0 Å². The Balaban J connectivity index is 4.13. The van der Waals surface area contributed by atoms with E-state index in [4.69, 9.17) is 0 Å². The Morgan fingerprint density at radius 3 is 1.75 bits per heavy atom. The first kappa shape index (κ1) is 16.5. The van der Waals surface area contributed by atoms with Crippen molar-refractivity contribution in [3.63, 3.8) is 0 Å². The Bertz CT molecular complexity index is 182. The Labute approximate surface area is 116 Å². The van der Waals surface area contributed by atoms with Crippen LogP contribution in [0.5, 0.6) is 0 Å². The van der Waals surface area contributed by atoms with Crippen LogP contribution in [0.1, 0.15) is 85.0 Å². The summed E-state index contributed by atoms with van der Waals surface area (Å²) in [6, 6.07) is 0. The van der Waals surface area contributed by atoms with E-state index < -0.39 is 0 Å². The molecule has 0 amide bonds. The summed E-state index contributed by atoms with van der Waals surface area (Å²) in [5, 5.41) is 0. The molecule has 0 aromatic heterocycles. The van der Waals surface area contributed by atoms with Crippen LogP contribution in [-0.4, -0.2) is 22.5 Å². The molecule has 0 atom stereocenters. The van der Waals surface area contributed by atoms with Crippen molar-refractivity contribution in [1.82, 2.24) is 0 Å². The molecule has 0 spiro atoms. The van der Waals surface area contributed by atoms with Gasteiger partial charge in [-0.25, -0.2) is 0 Å². The molecular formula is C15H30Sn. The Morgan fingerprint density at radius 2 is 1.19 bits per heavy atom. The van der Waals surface area contributed by atoms with Crippen LogP contribution in [0.2, 0.25) is 0 Å². The molecule has 0 heterocycles. The van der Waals surface area contributed by atoms with Crippen LogP contribution in [0, 0.1) is 0 Å². The molecular weight excluding hydrogens is 299 g/mol. The van der Waals surface area contributed by atoms with Gasteiger partial charge in [0, 0.05) is 0 Å². The number of hydrogen-bond donors (Lipinski definition) is 0. The number of allylic oxidation sites excluding steroid dienone is 2. The van der Waals surface area contributed by atoms with E-state index in [1.54, 1.807) is 0 Å². The third kappa shape index (κ3) is 8.66. The summed E-state index contributed by atoms with van der Waals surface area (Å²) in [6.45, 7) is 6.91. The van der Waals surface area contributed by atoms with Gasteiger partial charge < -0.3 is 0 Å². The van der Waals surface area contributed by atoms with Crippen molar-refractivity contribution in [3.05, 3.63) is 9.16 Å². The van der Waals surface area contributed by atoms with E-state index in [1.807, 2.05) is 9.16 Å². The third-order valence-corrected chi connectivity index (χ3v) is 5.16. The molecule has 94 valence electrons. The molecule has 0 fully saturated rings. The second-order valence-corrected chi connectivity index (χ2v) is 6.78. The second-order valence-electron chi connectivity index (χ2n) is 4.79. The first-order chi connectivity index (χ1) is 7.76. The van der Waals surface area contributed by atoms with Crippen molar-refractivity contribution in [2.75, 3.05) is 0 Å². The summed E-state index contributed by atoms with van der Waals surface area (Å²) in [5.74, 6) is 0. The minimum absolute atomic E-state index is 1.35. The van der Waals surface area contributed by atoms with Crippen molar-refractivity contribution in [1.29, 1.82) is 0 Å². The summed E-state index contributed by atoms with van der Waals surface area (Å²) in [7, 11) is 0. The Hall–Kier alpha value is 0.539. The first-order valence-corrected chi connectivity index (χ1v) is 8.87. The molecule has 2 radical (unpaired) electrons. The molecule has 0 aromatic rings. The minimum atomic E-state index is 1.35. The van der Waals surface area contributed by atoms with Crippen LogP contribution >= 0.6 is 0 Å². The zero-order valence-corrected chi connectivity index (χ0v) is 14.9. The Kier molecular flexibility index (Phi) is 12.4. The molecule has 0 saturated heterocycles. The third-order valence-electron chi connectivity index (χ3n) is 3.17. The van der Waals surface area contributed by atoms with Gasteiger partial charge >= 0.3 is 117 Å². The monoisotopic (exact) mass is 330 g/mol. The van der Waals surface area contributed by atoms with Gasteiger partial charge in [0.05, 0.1) is 0 Å². The average Bonchev–Trinajstić information content (AvgIpc) is 2.30. The van der Waals surface area contributed by atoms with Crippen LogP contribution in [0.15, 0.2) is 9.16 Å². The number of unbranched alkanes of at least 4 members (excludes halogenated alkanes) is 4. The second kappa shape index (κ2) is 12.0. The quantitative estimate of drug-likeness (QED) is 0.386. The summed E-state index contributed by atoms with van der Waals surface area (Å²) < 4.78 is 1.83.